The Balaban J connectivity index is 2.43. The van der Waals surface area contributed by atoms with Crippen molar-refractivity contribution in [2.24, 2.45) is 0 Å². The SMILES string of the molecule is CC(=O)OC[C@H]1O[C@@](COC(C)=O)(O[C@H]2O[C@H](COC(C)=O)[C@@H](OC(C)=O)[C@H](OC(C)=O)[C@H]2OC(C)=O)[C@@H](O[C@H]2O[C@H](COC(C)=O)[C@@H](OC(C)=O)[C@H](OC(C)=O)[C@H]2OC(C)=O)[C@@H]1OC(C)=O. The summed E-state index contributed by atoms with van der Waals surface area (Å²) in [5.74, 6) is -13.6. The van der Waals surface area contributed by atoms with Crippen LogP contribution in [0.2, 0.25) is 0 Å². The highest BCUT2D eigenvalue weighted by Gasteiger charge is 2.66. The fourth-order valence-electron chi connectivity index (χ4n) is 7.04. The van der Waals surface area contributed by atoms with Gasteiger partial charge in [0.1, 0.15) is 44.7 Å². The predicted octanol–water partition coefficient (Wildman–Crippen LogP) is -1.29. The minimum absolute atomic E-state index is 0.735. The van der Waals surface area contributed by atoms with Crippen LogP contribution in [0.1, 0.15) is 76.2 Å². The second-order valence-corrected chi connectivity index (χ2v) is 14.9. The lowest BCUT2D eigenvalue weighted by atomic mass is 9.97. The number of hydrogen-bond donors (Lipinski definition) is 0. The van der Waals surface area contributed by atoms with E-state index in [1.54, 1.807) is 0 Å². The van der Waals surface area contributed by atoms with Crippen LogP contribution in [0.4, 0.5) is 0 Å². The van der Waals surface area contributed by atoms with E-state index in [0.717, 1.165) is 76.2 Å². The fourth-order valence-corrected chi connectivity index (χ4v) is 7.04. The van der Waals surface area contributed by atoms with Crippen molar-refractivity contribution in [3.8, 4) is 0 Å². The second-order valence-electron chi connectivity index (χ2n) is 14.9. The lowest BCUT2D eigenvalue weighted by molar-refractivity contribution is -0.400. The summed E-state index contributed by atoms with van der Waals surface area (Å²) >= 11 is 0. The summed E-state index contributed by atoms with van der Waals surface area (Å²) in [4.78, 5) is 137. The molecule has 0 spiro atoms. The van der Waals surface area contributed by atoms with Crippen LogP contribution in [0, 0.1) is 0 Å². The molecule has 14 atom stereocenters. The zero-order valence-electron chi connectivity index (χ0n) is 38.4. The van der Waals surface area contributed by atoms with Gasteiger partial charge in [-0.2, -0.15) is 0 Å². The first kappa shape index (κ1) is 55.3. The Hall–Kier alpha value is -6.03. The Morgan fingerprint density at radius 3 is 1.04 bits per heavy atom. The standard InChI is InChI=1S/C40H54O27/c1-16(41)52-12-27-30(56-20(5)45)33(59-23(8)48)35(61-25(10)50)38(63-27)65-37-32(58-22(7)47)29(14-54-18(3)43)66-40(37,15-55-19(4)44)67-39-36(62-26(11)51)34(60-24(9)49)31(57-21(6)46)28(64-39)13-53-17(2)42/h27-39H,12-15H2,1-11H3/t27-,28-,29-,30-,31-,32-,33+,34+,35-,36-,37+,38-,39-,40+/m1/s1. The lowest BCUT2D eigenvalue weighted by Gasteiger charge is -2.48. The zero-order valence-corrected chi connectivity index (χ0v) is 38.4. The molecule has 0 aromatic carbocycles. The van der Waals surface area contributed by atoms with Gasteiger partial charge in [-0.1, -0.05) is 0 Å². The van der Waals surface area contributed by atoms with Gasteiger partial charge in [0.05, 0.1) is 0 Å². The number of hydrogen-bond acceptors (Lipinski definition) is 27. The molecule has 27 heteroatoms. The molecular weight excluding hydrogens is 912 g/mol. The van der Waals surface area contributed by atoms with E-state index in [9.17, 15) is 52.7 Å². The second kappa shape index (κ2) is 24.7. The molecule has 0 amide bonds. The minimum Gasteiger partial charge on any atom is -0.463 e. The average molecular weight is 967 g/mol. The molecule has 3 fully saturated rings. The molecule has 0 saturated carbocycles. The van der Waals surface area contributed by atoms with Gasteiger partial charge in [0, 0.05) is 76.2 Å². The quantitative estimate of drug-likeness (QED) is 0.107. The van der Waals surface area contributed by atoms with E-state index in [1.165, 1.54) is 0 Å². The zero-order chi connectivity index (χ0) is 50.5. The third-order valence-corrected chi connectivity index (χ3v) is 9.17. The fraction of sp³-hybridized carbons (Fsp3) is 0.725. The monoisotopic (exact) mass is 966 g/mol. The van der Waals surface area contributed by atoms with Crippen LogP contribution in [-0.2, 0) is 129 Å². The summed E-state index contributed by atoms with van der Waals surface area (Å²) in [5, 5.41) is 0. The maximum atomic E-state index is 12.9. The molecule has 0 N–H and O–H groups in total. The van der Waals surface area contributed by atoms with E-state index < -0.39 is 178 Å². The first-order valence-corrected chi connectivity index (χ1v) is 20.3. The molecule has 3 rings (SSSR count). The number of esters is 11. The first-order chi connectivity index (χ1) is 31.2. The molecule has 67 heavy (non-hydrogen) atoms. The highest BCUT2D eigenvalue weighted by atomic mass is 16.8. The molecular formula is C40H54O27. The van der Waals surface area contributed by atoms with Crippen molar-refractivity contribution >= 4 is 65.7 Å². The molecule has 0 aromatic heterocycles. The lowest BCUT2D eigenvalue weighted by Crippen LogP contribution is -2.67. The van der Waals surface area contributed by atoms with Gasteiger partial charge >= 0.3 is 65.7 Å². The molecule has 0 bridgehead atoms. The van der Waals surface area contributed by atoms with E-state index in [-0.39, 0.29) is 0 Å². The summed E-state index contributed by atoms with van der Waals surface area (Å²) in [5.41, 5.74) is 0. The van der Waals surface area contributed by atoms with E-state index >= 15 is 0 Å². The molecule has 0 aliphatic carbocycles. The van der Waals surface area contributed by atoms with Crippen molar-refractivity contribution in [3.63, 3.8) is 0 Å². The van der Waals surface area contributed by atoms with Crippen LogP contribution in [-0.4, -0.2) is 178 Å². The summed E-state index contributed by atoms with van der Waals surface area (Å²) < 4.78 is 91.1. The molecule has 3 saturated heterocycles. The van der Waals surface area contributed by atoms with E-state index in [0.29, 0.717) is 0 Å². The van der Waals surface area contributed by atoms with Crippen LogP contribution in [0.3, 0.4) is 0 Å². The Kier molecular flexibility index (Phi) is 20.3. The van der Waals surface area contributed by atoms with Crippen LogP contribution < -0.4 is 0 Å². The van der Waals surface area contributed by atoms with Crippen molar-refractivity contribution < 1.29 is 129 Å². The number of carbonyl (C=O) groups excluding carboxylic acids is 11. The smallest absolute Gasteiger partial charge is 0.303 e. The highest BCUT2D eigenvalue weighted by Crippen LogP contribution is 2.43. The third-order valence-electron chi connectivity index (χ3n) is 9.17. The summed E-state index contributed by atoms with van der Waals surface area (Å²) in [7, 11) is 0. The minimum atomic E-state index is -2.82. The van der Waals surface area contributed by atoms with Gasteiger partial charge in [-0.15, -0.1) is 0 Å². The van der Waals surface area contributed by atoms with E-state index in [1.807, 2.05) is 0 Å². The van der Waals surface area contributed by atoms with Crippen LogP contribution in [0.5, 0.6) is 0 Å². The predicted molar refractivity (Wildman–Crippen MR) is 206 cm³/mol. The first-order valence-electron chi connectivity index (χ1n) is 20.3. The molecule has 3 aliphatic rings. The van der Waals surface area contributed by atoms with Gasteiger partial charge in [0.25, 0.3) is 0 Å². The summed E-state index contributed by atoms with van der Waals surface area (Å²) in [6.45, 7) is 7.30. The van der Waals surface area contributed by atoms with Crippen molar-refractivity contribution in [1.82, 2.24) is 0 Å². The van der Waals surface area contributed by atoms with Gasteiger partial charge in [-0.25, -0.2) is 0 Å². The maximum absolute atomic E-state index is 12.9. The van der Waals surface area contributed by atoms with Crippen molar-refractivity contribution in [1.29, 1.82) is 0 Å². The van der Waals surface area contributed by atoms with Gasteiger partial charge in [-0.3, -0.25) is 52.7 Å². The van der Waals surface area contributed by atoms with Crippen molar-refractivity contribution in [2.45, 2.75) is 162 Å². The van der Waals surface area contributed by atoms with Crippen LogP contribution >= 0.6 is 0 Å². The third kappa shape index (κ3) is 16.4. The normalized spacial score (nSPS) is 31.1. The topological polar surface area (TPSA) is 335 Å². The maximum Gasteiger partial charge on any atom is 0.303 e. The molecule has 3 heterocycles. The van der Waals surface area contributed by atoms with Crippen molar-refractivity contribution in [2.75, 3.05) is 26.4 Å². The molecule has 0 radical (unpaired) electrons. The molecule has 0 unspecified atom stereocenters. The van der Waals surface area contributed by atoms with Gasteiger partial charge < -0.3 is 75.8 Å². The Labute approximate surface area is 382 Å². The van der Waals surface area contributed by atoms with Crippen LogP contribution in [0.25, 0.3) is 0 Å². The molecule has 0 aromatic rings. The van der Waals surface area contributed by atoms with E-state index in [4.69, 9.17) is 75.8 Å². The molecule has 3 aliphatic heterocycles. The summed E-state index contributed by atoms with van der Waals surface area (Å²) in [6, 6.07) is 0. The van der Waals surface area contributed by atoms with Gasteiger partial charge in [-0.05, 0) is 0 Å². The summed E-state index contributed by atoms with van der Waals surface area (Å²) in [6.07, 6.45) is -24.2. The Bertz CT molecular complexity index is 1860. The largest absolute Gasteiger partial charge is 0.463 e. The van der Waals surface area contributed by atoms with Gasteiger partial charge in [0.15, 0.2) is 55.1 Å². The Morgan fingerprint density at radius 2 is 0.672 bits per heavy atom. The highest BCUT2D eigenvalue weighted by molar-refractivity contribution is 5.70. The van der Waals surface area contributed by atoms with E-state index in [2.05, 4.69) is 0 Å². The molecule has 376 valence electrons. The Morgan fingerprint density at radius 1 is 0.358 bits per heavy atom. The van der Waals surface area contributed by atoms with Crippen LogP contribution in [0.15, 0.2) is 0 Å². The number of ether oxygens (including phenoxy) is 16. The average Bonchev–Trinajstić information content (AvgIpc) is 3.45. The van der Waals surface area contributed by atoms with Crippen molar-refractivity contribution in [3.05, 3.63) is 0 Å². The number of carbonyl (C=O) groups is 11. The van der Waals surface area contributed by atoms with Gasteiger partial charge in [0.2, 0.25) is 12.1 Å². The molecule has 27 nitrogen and oxygen atoms in total. The number of rotatable bonds is 19.